The van der Waals surface area contributed by atoms with E-state index in [1.165, 1.54) is 29.6 Å². The molecule has 0 unspecified atom stereocenters. The molecule has 2 aromatic carbocycles. The Bertz CT molecular complexity index is 1150. The number of hydrogen-bond donors (Lipinski definition) is 2. The Morgan fingerprint density at radius 2 is 1.56 bits per heavy atom. The predicted molar refractivity (Wildman–Crippen MR) is 132 cm³/mol. The van der Waals surface area contributed by atoms with Gasteiger partial charge < -0.3 is 15.4 Å². The molecular weight excluding hydrogens is 454 g/mol. The van der Waals surface area contributed by atoms with Crippen molar-refractivity contribution in [1.29, 1.82) is 0 Å². The van der Waals surface area contributed by atoms with Crippen molar-refractivity contribution in [3.8, 4) is 5.75 Å². The van der Waals surface area contributed by atoms with E-state index in [1.807, 2.05) is 20.8 Å². The van der Waals surface area contributed by atoms with E-state index in [9.17, 15) is 18.0 Å². The van der Waals surface area contributed by atoms with Gasteiger partial charge in [0, 0.05) is 18.6 Å². The molecule has 9 heteroatoms. The summed E-state index contributed by atoms with van der Waals surface area (Å²) < 4.78 is 33.3. The summed E-state index contributed by atoms with van der Waals surface area (Å²) in [5.74, 6) is -0.655. The van der Waals surface area contributed by atoms with Gasteiger partial charge in [0.2, 0.25) is 10.0 Å². The lowest BCUT2D eigenvalue weighted by Gasteiger charge is -2.22. The van der Waals surface area contributed by atoms with E-state index in [0.717, 1.165) is 25.7 Å². The number of carbonyl (C=O) groups is 2. The lowest BCUT2D eigenvalue weighted by molar-refractivity contribution is 0.0920. The molecule has 1 aliphatic rings. The minimum absolute atomic E-state index is 0.0408. The Balaban J connectivity index is 1.92. The van der Waals surface area contributed by atoms with Crippen LogP contribution in [0.3, 0.4) is 0 Å². The highest BCUT2D eigenvalue weighted by atomic mass is 32.2. The Morgan fingerprint density at radius 3 is 2.18 bits per heavy atom. The quantitative estimate of drug-likeness (QED) is 0.640. The number of sulfonamides is 1. The fraction of sp³-hybridized carbons (Fsp3) is 0.440. The number of benzene rings is 2. The SMILES string of the molecule is COc1ccc(S(=O)(=O)N2CCCCCC2)cc1C(=O)Nc1ccccc1C(=O)NC(C)(C)C. The fourth-order valence-electron chi connectivity index (χ4n) is 3.84. The summed E-state index contributed by atoms with van der Waals surface area (Å²) in [5, 5.41) is 5.63. The van der Waals surface area contributed by atoms with Gasteiger partial charge >= 0.3 is 0 Å². The first kappa shape index (κ1) is 25.7. The summed E-state index contributed by atoms with van der Waals surface area (Å²) in [5.41, 5.74) is 0.243. The van der Waals surface area contributed by atoms with E-state index >= 15 is 0 Å². The van der Waals surface area contributed by atoms with Crippen LogP contribution in [0, 0.1) is 0 Å². The smallest absolute Gasteiger partial charge is 0.259 e. The molecule has 1 aliphatic heterocycles. The zero-order valence-electron chi connectivity index (χ0n) is 20.2. The highest BCUT2D eigenvalue weighted by molar-refractivity contribution is 7.89. The first-order chi connectivity index (χ1) is 16.0. The molecule has 184 valence electrons. The number of rotatable bonds is 6. The Hall–Kier alpha value is -2.91. The van der Waals surface area contributed by atoms with Crippen molar-refractivity contribution in [2.45, 2.75) is 56.9 Å². The van der Waals surface area contributed by atoms with Crippen molar-refractivity contribution in [2.75, 3.05) is 25.5 Å². The number of para-hydroxylation sites is 1. The fourth-order valence-corrected chi connectivity index (χ4v) is 5.39. The largest absolute Gasteiger partial charge is 0.496 e. The van der Waals surface area contributed by atoms with Gasteiger partial charge in [-0.1, -0.05) is 25.0 Å². The normalized spacial score (nSPS) is 15.3. The average Bonchev–Trinajstić information content (AvgIpc) is 3.08. The molecule has 2 amide bonds. The third-order valence-corrected chi connectivity index (χ3v) is 7.42. The molecule has 0 aliphatic carbocycles. The van der Waals surface area contributed by atoms with Crippen molar-refractivity contribution in [1.82, 2.24) is 9.62 Å². The number of amides is 2. The minimum Gasteiger partial charge on any atom is -0.496 e. The van der Waals surface area contributed by atoms with Gasteiger partial charge in [0.15, 0.2) is 0 Å². The molecular formula is C25H33N3O5S. The number of nitrogens with zero attached hydrogens (tertiary/aromatic N) is 1. The summed E-state index contributed by atoms with van der Waals surface area (Å²) in [6.45, 7) is 6.53. The van der Waals surface area contributed by atoms with E-state index in [1.54, 1.807) is 24.3 Å². The van der Waals surface area contributed by atoms with Crippen molar-refractivity contribution in [2.24, 2.45) is 0 Å². The van der Waals surface area contributed by atoms with Gasteiger partial charge in [-0.15, -0.1) is 0 Å². The van der Waals surface area contributed by atoms with Gasteiger partial charge in [0.1, 0.15) is 5.75 Å². The number of methoxy groups -OCH3 is 1. The van der Waals surface area contributed by atoms with Crippen LogP contribution in [0.15, 0.2) is 47.4 Å². The molecule has 0 bridgehead atoms. The topological polar surface area (TPSA) is 105 Å². The first-order valence-electron chi connectivity index (χ1n) is 11.4. The lowest BCUT2D eigenvalue weighted by atomic mass is 10.1. The molecule has 0 atom stereocenters. The zero-order valence-corrected chi connectivity index (χ0v) is 21.0. The van der Waals surface area contributed by atoms with Gasteiger partial charge in [0.05, 0.1) is 28.8 Å². The van der Waals surface area contributed by atoms with E-state index in [-0.39, 0.29) is 22.1 Å². The van der Waals surface area contributed by atoms with Crippen molar-refractivity contribution in [3.05, 3.63) is 53.6 Å². The van der Waals surface area contributed by atoms with E-state index in [2.05, 4.69) is 10.6 Å². The maximum atomic E-state index is 13.2. The number of hydrogen-bond acceptors (Lipinski definition) is 5. The lowest BCUT2D eigenvalue weighted by Crippen LogP contribution is -2.40. The molecule has 0 aromatic heterocycles. The van der Waals surface area contributed by atoms with E-state index in [4.69, 9.17) is 4.74 Å². The zero-order chi connectivity index (χ0) is 24.9. The van der Waals surface area contributed by atoms with Crippen LogP contribution < -0.4 is 15.4 Å². The number of ether oxygens (including phenoxy) is 1. The second-order valence-electron chi connectivity index (χ2n) is 9.38. The third-order valence-electron chi connectivity index (χ3n) is 5.53. The maximum Gasteiger partial charge on any atom is 0.259 e. The van der Waals surface area contributed by atoms with Crippen molar-refractivity contribution >= 4 is 27.5 Å². The molecule has 34 heavy (non-hydrogen) atoms. The summed E-state index contributed by atoms with van der Waals surface area (Å²) in [6, 6.07) is 10.9. The summed E-state index contributed by atoms with van der Waals surface area (Å²) in [6.07, 6.45) is 3.64. The standard InChI is InChI=1S/C25H33N3O5S/c1-25(2,3)27-24(30)19-11-7-8-12-21(19)26-23(29)20-17-18(13-14-22(20)33-4)34(31,32)28-15-9-5-6-10-16-28/h7-8,11-14,17H,5-6,9-10,15-16H2,1-4H3,(H,26,29)(H,27,30). The third kappa shape index (κ3) is 6.15. The van der Waals surface area contributed by atoms with E-state index < -0.39 is 21.5 Å². The molecule has 8 nitrogen and oxygen atoms in total. The van der Waals surface area contributed by atoms with Crippen LogP contribution in [0.5, 0.6) is 5.75 Å². The summed E-state index contributed by atoms with van der Waals surface area (Å²) in [7, 11) is -2.33. The molecule has 0 spiro atoms. The van der Waals surface area contributed by atoms with Crippen LogP contribution >= 0.6 is 0 Å². The highest BCUT2D eigenvalue weighted by Gasteiger charge is 2.27. The number of carbonyl (C=O) groups excluding carboxylic acids is 2. The predicted octanol–water partition coefficient (Wildman–Crippen LogP) is 4.04. The maximum absolute atomic E-state index is 13.2. The summed E-state index contributed by atoms with van der Waals surface area (Å²) >= 11 is 0. The van der Waals surface area contributed by atoms with Gasteiger partial charge in [-0.25, -0.2) is 8.42 Å². The molecule has 2 N–H and O–H groups in total. The van der Waals surface area contributed by atoms with Crippen molar-refractivity contribution < 1.29 is 22.7 Å². The van der Waals surface area contributed by atoms with Crippen LogP contribution in [-0.4, -0.2) is 50.3 Å². The molecule has 3 rings (SSSR count). The van der Waals surface area contributed by atoms with Crippen LogP contribution in [0.2, 0.25) is 0 Å². The molecule has 1 fully saturated rings. The van der Waals surface area contributed by atoms with Crippen LogP contribution in [0.4, 0.5) is 5.69 Å². The molecule has 2 aromatic rings. The molecule has 1 saturated heterocycles. The highest BCUT2D eigenvalue weighted by Crippen LogP contribution is 2.27. The van der Waals surface area contributed by atoms with Gasteiger partial charge in [-0.05, 0) is 63.9 Å². The van der Waals surface area contributed by atoms with Gasteiger partial charge in [-0.3, -0.25) is 9.59 Å². The average molecular weight is 488 g/mol. The van der Waals surface area contributed by atoms with Crippen LogP contribution in [0.25, 0.3) is 0 Å². The van der Waals surface area contributed by atoms with Crippen LogP contribution in [0.1, 0.15) is 67.2 Å². The second-order valence-corrected chi connectivity index (χ2v) is 11.3. The monoisotopic (exact) mass is 487 g/mol. The van der Waals surface area contributed by atoms with Gasteiger partial charge in [0.25, 0.3) is 11.8 Å². The number of nitrogens with one attached hydrogen (secondary N) is 2. The molecule has 0 saturated carbocycles. The Kier molecular flexibility index (Phi) is 7.99. The summed E-state index contributed by atoms with van der Waals surface area (Å²) in [4.78, 5) is 26.0. The minimum atomic E-state index is -3.75. The number of anilines is 1. The molecule has 0 radical (unpaired) electrons. The van der Waals surface area contributed by atoms with E-state index in [0.29, 0.717) is 24.3 Å². The molecule has 1 heterocycles. The second kappa shape index (κ2) is 10.6. The Labute approximate surface area is 201 Å². The van der Waals surface area contributed by atoms with Gasteiger partial charge in [-0.2, -0.15) is 4.31 Å². The van der Waals surface area contributed by atoms with Crippen molar-refractivity contribution in [3.63, 3.8) is 0 Å². The Morgan fingerprint density at radius 1 is 0.912 bits per heavy atom. The van der Waals surface area contributed by atoms with Crippen LogP contribution in [-0.2, 0) is 10.0 Å². The first-order valence-corrected chi connectivity index (χ1v) is 12.9.